The molecular weight excluding hydrogens is 304 g/mol. The number of aliphatic carboxylic acids is 1. The number of aromatic nitrogens is 2. The zero-order valence-corrected chi connectivity index (χ0v) is 10.9. The van der Waals surface area contributed by atoms with Crippen LogP contribution in [0, 0.1) is 0 Å². The number of ether oxygens (including phenoxy) is 1. The summed E-state index contributed by atoms with van der Waals surface area (Å²) < 4.78 is 32.8. The van der Waals surface area contributed by atoms with Crippen LogP contribution in [0.5, 0.6) is 0 Å². The van der Waals surface area contributed by atoms with Crippen LogP contribution in [-0.2, 0) is 9.53 Å². The number of aliphatic hydroxyl groups is 1. The topological polar surface area (TPSA) is 128 Å². The van der Waals surface area contributed by atoms with E-state index in [0.29, 0.717) is 4.57 Å². The van der Waals surface area contributed by atoms with Crippen molar-refractivity contribution < 1.29 is 28.5 Å². The Morgan fingerprint density at radius 1 is 1.59 bits per heavy atom. The Morgan fingerprint density at radius 2 is 2.27 bits per heavy atom. The second-order valence-electron chi connectivity index (χ2n) is 4.28. The van der Waals surface area contributed by atoms with Crippen LogP contribution in [0.2, 0.25) is 0 Å². The molecular formula is C12H11F2N3O5. The van der Waals surface area contributed by atoms with Crippen molar-refractivity contribution in [3.05, 3.63) is 39.9 Å². The summed E-state index contributed by atoms with van der Waals surface area (Å²) in [5, 5.41) is 17.4. The number of nitrogens with zero attached hydrogens (tertiary/aromatic N) is 2. The lowest BCUT2D eigenvalue weighted by Crippen LogP contribution is -2.32. The van der Waals surface area contributed by atoms with Gasteiger partial charge in [-0.3, -0.25) is 4.57 Å². The summed E-state index contributed by atoms with van der Waals surface area (Å²) in [6, 6.07) is 0. The molecule has 0 amide bonds. The molecule has 22 heavy (non-hydrogen) atoms. The highest BCUT2D eigenvalue weighted by molar-refractivity contribution is 5.86. The molecule has 0 saturated carbocycles. The van der Waals surface area contributed by atoms with Crippen LogP contribution in [0.3, 0.4) is 0 Å². The fraction of sp³-hybridized carbons (Fsp3) is 0.250. The predicted octanol–water partition coefficient (Wildman–Crippen LogP) is -0.0364. The van der Waals surface area contributed by atoms with Gasteiger partial charge in [0, 0.05) is 17.8 Å². The first-order valence-electron chi connectivity index (χ1n) is 5.95. The predicted molar refractivity (Wildman–Crippen MR) is 69.8 cm³/mol. The highest BCUT2D eigenvalue weighted by Gasteiger charge is 2.39. The number of nitrogens with two attached hydrogens (primary N) is 1. The van der Waals surface area contributed by atoms with E-state index < -0.39 is 42.3 Å². The zero-order valence-electron chi connectivity index (χ0n) is 10.9. The zero-order chi connectivity index (χ0) is 16.4. The van der Waals surface area contributed by atoms with E-state index in [4.69, 9.17) is 20.7 Å². The van der Waals surface area contributed by atoms with Gasteiger partial charge in [0.15, 0.2) is 11.6 Å². The lowest BCUT2D eigenvalue weighted by Gasteiger charge is -2.17. The third-order valence-electron chi connectivity index (χ3n) is 2.86. The van der Waals surface area contributed by atoms with E-state index in [1.54, 1.807) is 0 Å². The molecule has 4 N–H and O–H groups in total. The average molecular weight is 315 g/mol. The van der Waals surface area contributed by atoms with E-state index in [2.05, 4.69) is 4.98 Å². The molecule has 2 rings (SSSR count). The van der Waals surface area contributed by atoms with Gasteiger partial charge in [-0.05, 0) is 6.08 Å². The van der Waals surface area contributed by atoms with E-state index in [0.717, 1.165) is 18.3 Å². The lowest BCUT2D eigenvalue weighted by atomic mass is 10.2. The summed E-state index contributed by atoms with van der Waals surface area (Å²) in [6.45, 7) is -0.869. The Hall–Kier alpha value is -2.75. The molecule has 10 heteroatoms. The maximum Gasteiger partial charge on any atom is 0.352 e. The first kappa shape index (κ1) is 15.6. The Bertz CT molecular complexity index is 728. The van der Waals surface area contributed by atoms with Crippen molar-refractivity contribution >= 4 is 17.9 Å². The van der Waals surface area contributed by atoms with Crippen molar-refractivity contribution in [2.45, 2.75) is 12.4 Å². The molecule has 0 aromatic carbocycles. The van der Waals surface area contributed by atoms with Crippen LogP contribution in [0.25, 0.3) is 6.08 Å². The average Bonchev–Trinajstić information content (AvgIpc) is 2.74. The Kier molecular flexibility index (Phi) is 4.22. The van der Waals surface area contributed by atoms with Crippen LogP contribution in [-0.4, -0.2) is 38.5 Å². The van der Waals surface area contributed by atoms with Gasteiger partial charge in [0.2, 0.25) is 12.4 Å². The summed E-state index contributed by atoms with van der Waals surface area (Å²) in [5.74, 6) is -3.49. The molecule has 2 atom stereocenters. The van der Waals surface area contributed by atoms with Gasteiger partial charge in [-0.25, -0.2) is 18.4 Å². The van der Waals surface area contributed by atoms with Crippen molar-refractivity contribution in [3.8, 4) is 0 Å². The summed E-state index contributed by atoms with van der Waals surface area (Å²) in [7, 11) is 0. The molecule has 0 fully saturated rings. The normalized spacial score (nSPS) is 21.4. The number of aliphatic hydroxyl groups excluding tert-OH is 1. The first-order valence-corrected chi connectivity index (χ1v) is 5.95. The molecule has 0 spiro atoms. The summed E-state index contributed by atoms with van der Waals surface area (Å²) >= 11 is 0. The van der Waals surface area contributed by atoms with Gasteiger partial charge in [0.25, 0.3) is 0 Å². The Balaban J connectivity index is 2.43. The Labute approximate surface area is 121 Å². The highest BCUT2D eigenvalue weighted by Crippen LogP contribution is 2.35. The number of carboxylic acid groups (broad SMARTS) is 1. The molecule has 1 aromatic rings. The van der Waals surface area contributed by atoms with E-state index in [9.17, 15) is 18.4 Å². The number of carbonyl (C=O) groups is 1. The second kappa shape index (κ2) is 5.93. The number of rotatable bonds is 4. The quantitative estimate of drug-likeness (QED) is 0.665. The lowest BCUT2D eigenvalue weighted by molar-refractivity contribution is -0.131. The number of carboxylic acids is 1. The molecule has 0 bridgehead atoms. The number of nitrogen functional groups attached to an aromatic ring is 1. The van der Waals surface area contributed by atoms with Crippen LogP contribution in [0.1, 0.15) is 11.8 Å². The maximum atomic E-state index is 13.8. The van der Waals surface area contributed by atoms with Gasteiger partial charge >= 0.3 is 11.7 Å². The number of alkyl halides is 1. The fourth-order valence-electron chi connectivity index (χ4n) is 1.82. The van der Waals surface area contributed by atoms with Gasteiger partial charge in [-0.2, -0.15) is 4.98 Å². The molecule has 118 valence electrons. The molecule has 1 aromatic heterocycles. The monoisotopic (exact) mass is 315 g/mol. The summed E-state index contributed by atoms with van der Waals surface area (Å²) in [5.41, 5.74) is 4.46. The maximum absolute atomic E-state index is 13.8. The van der Waals surface area contributed by atoms with Gasteiger partial charge in [-0.1, -0.05) is 0 Å². The number of halogens is 2. The summed E-state index contributed by atoms with van der Waals surface area (Å²) in [4.78, 5) is 25.6. The van der Waals surface area contributed by atoms with E-state index in [-0.39, 0.29) is 11.4 Å². The molecule has 8 nitrogen and oxygen atoms in total. The van der Waals surface area contributed by atoms with Gasteiger partial charge in [-0.15, -0.1) is 0 Å². The standard InChI is InChI=1S/C12H11F2N3O5/c13-8-6(4-18)22-11(9(8)14)17-3-5(1-2-7(19)20)10(15)16-12(17)21/h1-3,9,11,18H,4H2,(H,19,20)(H2,15,16,21)/b2-1+. The van der Waals surface area contributed by atoms with Crippen LogP contribution in [0.4, 0.5) is 14.6 Å². The SMILES string of the molecule is Nc1nc(=O)n(C2OC(CO)=C(F)C2F)cc1/C=C/C(=O)O. The van der Waals surface area contributed by atoms with E-state index >= 15 is 0 Å². The Morgan fingerprint density at radius 3 is 2.82 bits per heavy atom. The number of anilines is 1. The number of hydrogen-bond acceptors (Lipinski definition) is 6. The third kappa shape index (κ3) is 2.81. The minimum atomic E-state index is -2.30. The van der Waals surface area contributed by atoms with E-state index in [1.165, 1.54) is 0 Å². The van der Waals surface area contributed by atoms with Crippen LogP contribution >= 0.6 is 0 Å². The largest absolute Gasteiger partial charge is 0.478 e. The second-order valence-corrected chi connectivity index (χ2v) is 4.28. The summed E-state index contributed by atoms with van der Waals surface area (Å²) in [6.07, 6.45) is -1.22. The third-order valence-corrected chi connectivity index (χ3v) is 2.86. The smallest absolute Gasteiger partial charge is 0.352 e. The molecule has 2 heterocycles. The first-order chi connectivity index (χ1) is 10.3. The minimum absolute atomic E-state index is 0.00987. The van der Waals surface area contributed by atoms with Crippen molar-refractivity contribution in [2.24, 2.45) is 0 Å². The molecule has 2 unspecified atom stereocenters. The van der Waals surface area contributed by atoms with Crippen molar-refractivity contribution in [3.63, 3.8) is 0 Å². The van der Waals surface area contributed by atoms with Crippen LogP contribution in [0.15, 0.2) is 28.7 Å². The van der Waals surface area contributed by atoms with Crippen molar-refractivity contribution in [1.82, 2.24) is 9.55 Å². The highest BCUT2D eigenvalue weighted by atomic mass is 19.2. The fourth-order valence-corrected chi connectivity index (χ4v) is 1.82. The molecule has 0 radical (unpaired) electrons. The van der Waals surface area contributed by atoms with Crippen molar-refractivity contribution in [1.29, 1.82) is 0 Å². The van der Waals surface area contributed by atoms with Gasteiger partial charge < -0.3 is 20.7 Å². The molecule has 0 aliphatic carbocycles. The molecule has 1 aliphatic rings. The van der Waals surface area contributed by atoms with Gasteiger partial charge in [0.1, 0.15) is 12.4 Å². The van der Waals surface area contributed by atoms with Crippen molar-refractivity contribution in [2.75, 3.05) is 12.3 Å². The molecule has 1 aliphatic heterocycles. The number of hydrogen-bond donors (Lipinski definition) is 3. The molecule has 0 saturated heterocycles. The van der Waals surface area contributed by atoms with E-state index in [1.807, 2.05) is 0 Å². The van der Waals surface area contributed by atoms with Gasteiger partial charge in [0.05, 0.1) is 0 Å². The van der Waals surface area contributed by atoms with Crippen LogP contribution < -0.4 is 11.4 Å². The minimum Gasteiger partial charge on any atom is -0.478 e.